The van der Waals surface area contributed by atoms with Crippen LogP contribution in [-0.2, 0) is 9.53 Å². The molecule has 170 valence electrons. The van der Waals surface area contributed by atoms with Crippen molar-refractivity contribution in [1.82, 2.24) is 20.0 Å². The third-order valence-electron chi connectivity index (χ3n) is 4.94. The molecule has 2 rings (SSSR count). The van der Waals surface area contributed by atoms with Gasteiger partial charge in [-0.15, -0.1) is 0 Å². The number of amides is 2. The molecule has 1 unspecified atom stereocenters. The van der Waals surface area contributed by atoms with Crippen LogP contribution in [0.5, 0.6) is 0 Å². The molecule has 0 aliphatic heterocycles. The summed E-state index contributed by atoms with van der Waals surface area (Å²) >= 11 is 0. The van der Waals surface area contributed by atoms with Gasteiger partial charge in [0.05, 0.1) is 22.8 Å². The molecule has 0 saturated heterocycles. The van der Waals surface area contributed by atoms with E-state index >= 15 is 0 Å². The van der Waals surface area contributed by atoms with Crippen molar-refractivity contribution in [2.24, 2.45) is 0 Å². The molecular formula is C23H35N5O3. The molecule has 31 heavy (non-hydrogen) atoms. The highest BCUT2D eigenvalue weighted by atomic mass is 16.6. The van der Waals surface area contributed by atoms with E-state index in [4.69, 9.17) is 4.74 Å². The number of alkyl carbamates (subject to hydrolysis) is 1. The van der Waals surface area contributed by atoms with Gasteiger partial charge in [0.2, 0.25) is 5.91 Å². The van der Waals surface area contributed by atoms with Crippen LogP contribution >= 0.6 is 0 Å². The van der Waals surface area contributed by atoms with Gasteiger partial charge in [-0.2, -0.15) is 5.10 Å². The lowest BCUT2D eigenvalue weighted by molar-refractivity contribution is -0.116. The predicted octanol–water partition coefficient (Wildman–Crippen LogP) is 3.66. The lowest BCUT2D eigenvalue weighted by Gasteiger charge is -2.26. The fourth-order valence-corrected chi connectivity index (χ4v) is 3.05. The van der Waals surface area contributed by atoms with Crippen molar-refractivity contribution >= 4 is 17.7 Å². The molecule has 1 aromatic carbocycles. The average molecular weight is 430 g/mol. The number of benzene rings is 1. The summed E-state index contributed by atoms with van der Waals surface area (Å²) in [7, 11) is 1.93. The first-order valence-corrected chi connectivity index (χ1v) is 10.6. The number of carbonyl (C=O) groups is 2. The van der Waals surface area contributed by atoms with Gasteiger partial charge < -0.3 is 20.3 Å². The summed E-state index contributed by atoms with van der Waals surface area (Å²) < 4.78 is 7.08. The number of anilines is 1. The average Bonchev–Trinajstić information content (AvgIpc) is 2.97. The second-order valence-corrected chi connectivity index (χ2v) is 8.80. The molecule has 1 atom stereocenters. The summed E-state index contributed by atoms with van der Waals surface area (Å²) in [6.45, 7) is 12.3. The number of aromatic nitrogens is 2. The minimum atomic E-state index is -0.526. The van der Waals surface area contributed by atoms with Crippen molar-refractivity contribution in [3.05, 3.63) is 41.7 Å². The van der Waals surface area contributed by atoms with Crippen LogP contribution in [0.4, 0.5) is 10.5 Å². The van der Waals surface area contributed by atoms with Gasteiger partial charge in [0, 0.05) is 25.6 Å². The van der Waals surface area contributed by atoms with Gasteiger partial charge in [-0.05, 0) is 60.7 Å². The molecule has 1 heterocycles. The first kappa shape index (κ1) is 24.4. The lowest BCUT2D eigenvalue weighted by atomic mass is 10.2. The summed E-state index contributed by atoms with van der Waals surface area (Å²) in [5.74, 6) is -0.0713. The number of ether oxygens (including phenoxy) is 1. The Morgan fingerprint density at radius 3 is 2.45 bits per heavy atom. The molecule has 2 N–H and O–H groups in total. The molecule has 0 aliphatic rings. The largest absolute Gasteiger partial charge is 0.444 e. The maximum atomic E-state index is 12.5. The van der Waals surface area contributed by atoms with E-state index in [1.54, 1.807) is 0 Å². The van der Waals surface area contributed by atoms with Gasteiger partial charge in [0.15, 0.2) is 0 Å². The Hall–Kier alpha value is -2.87. The standard InChI is InChI=1S/C23H35N5O3/c1-16(15-24-22(30)31-23(4,5)6)27(7)14-13-20(29)25-21-17(2)26-28(18(21)3)19-11-9-8-10-12-19/h8-12,16H,13-15H2,1-7H3,(H,24,30)(H,25,29). The van der Waals surface area contributed by atoms with Crippen LogP contribution in [0.15, 0.2) is 30.3 Å². The van der Waals surface area contributed by atoms with Gasteiger partial charge in [0.1, 0.15) is 5.60 Å². The SMILES string of the molecule is Cc1nn(-c2ccccc2)c(C)c1NC(=O)CCN(C)C(C)CNC(=O)OC(C)(C)C. The van der Waals surface area contributed by atoms with Crippen molar-refractivity contribution in [3.63, 3.8) is 0 Å². The fourth-order valence-electron chi connectivity index (χ4n) is 3.05. The Morgan fingerprint density at radius 1 is 1.19 bits per heavy atom. The topological polar surface area (TPSA) is 88.5 Å². The maximum Gasteiger partial charge on any atom is 0.407 e. The molecule has 0 saturated carbocycles. The number of hydrogen-bond acceptors (Lipinski definition) is 5. The summed E-state index contributed by atoms with van der Waals surface area (Å²) in [5, 5.41) is 10.3. The van der Waals surface area contributed by atoms with Crippen LogP contribution in [0.25, 0.3) is 5.69 Å². The predicted molar refractivity (Wildman–Crippen MR) is 123 cm³/mol. The minimum Gasteiger partial charge on any atom is -0.444 e. The summed E-state index contributed by atoms with van der Waals surface area (Å²) in [6.07, 6.45) is -0.102. The minimum absolute atomic E-state index is 0.0598. The van der Waals surface area contributed by atoms with Crippen LogP contribution < -0.4 is 10.6 Å². The highest BCUT2D eigenvalue weighted by Gasteiger charge is 2.19. The Kier molecular flexibility index (Phi) is 8.21. The van der Waals surface area contributed by atoms with Gasteiger partial charge in [-0.1, -0.05) is 18.2 Å². The number of likely N-dealkylation sites (N-methyl/N-ethyl adjacent to an activating group) is 1. The fraction of sp³-hybridized carbons (Fsp3) is 0.522. The number of aryl methyl sites for hydroxylation is 1. The first-order valence-electron chi connectivity index (χ1n) is 10.6. The zero-order valence-electron chi connectivity index (χ0n) is 19.7. The number of rotatable bonds is 8. The monoisotopic (exact) mass is 429 g/mol. The molecule has 0 radical (unpaired) electrons. The quantitative estimate of drug-likeness (QED) is 0.669. The molecule has 0 bridgehead atoms. The van der Waals surface area contributed by atoms with Crippen LogP contribution in [0, 0.1) is 13.8 Å². The molecule has 0 fully saturated rings. The van der Waals surface area contributed by atoms with Gasteiger partial charge >= 0.3 is 6.09 Å². The normalized spacial score (nSPS) is 12.5. The van der Waals surface area contributed by atoms with Crippen molar-refractivity contribution in [1.29, 1.82) is 0 Å². The zero-order valence-corrected chi connectivity index (χ0v) is 19.7. The summed E-state index contributed by atoms with van der Waals surface area (Å²) in [5.41, 5.74) is 2.84. The lowest BCUT2D eigenvalue weighted by Crippen LogP contribution is -2.42. The van der Waals surface area contributed by atoms with Crippen LogP contribution in [0.1, 0.15) is 45.5 Å². The molecule has 1 aromatic heterocycles. The maximum absolute atomic E-state index is 12.5. The van der Waals surface area contributed by atoms with E-state index in [0.717, 1.165) is 22.8 Å². The van der Waals surface area contributed by atoms with E-state index in [0.29, 0.717) is 19.5 Å². The first-order chi connectivity index (χ1) is 14.5. The molecule has 8 heteroatoms. The number of para-hydroxylation sites is 1. The highest BCUT2D eigenvalue weighted by molar-refractivity contribution is 5.92. The Labute approximate surface area is 185 Å². The number of carbonyl (C=O) groups excluding carboxylic acids is 2. The number of nitrogens with zero attached hydrogens (tertiary/aromatic N) is 3. The van der Waals surface area contributed by atoms with Crippen molar-refractivity contribution < 1.29 is 14.3 Å². The van der Waals surface area contributed by atoms with E-state index in [1.807, 2.05) is 88.5 Å². The summed E-state index contributed by atoms with van der Waals surface area (Å²) in [4.78, 5) is 26.4. The van der Waals surface area contributed by atoms with Crippen molar-refractivity contribution in [3.8, 4) is 5.69 Å². The second-order valence-electron chi connectivity index (χ2n) is 8.80. The zero-order chi connectivity index (χ0) is 23.2. The molecule has 2 aromatic rings. The summed E-state index contributed by atoms with van der Waals surface area (Å²) in [6, 6.07) is 9.89. The highest BCUT2D eigenvalue weighted by Crippen LogP contribution is 2.22. The Bertz CT molecular complexity index is 887. The van der Waals surface area contributed by atoms with Gasteiger partial charge in [-0.3, -0.25) is 4.79 Å². The van der Waals surface area contributed by atoms with E-state index in [-0.39, 0.29) is 11.9 Å². The van der Waals surface area contributed by atoms with Crippen LogP contribution in [0.2, 0.25) is 0 Å². The second kappa shape index (κ2) is 10.4. The Morgan fingerprint density at radius 2 is 1.84 bits per heavy atom. The molecule has 0 aliphatic carbocycles. The van der Waals surface area contributed by atoms with E-state index in [9.17, 15) is 9.59 Å². The molecular weight excluding hydrogens is 394 g/mol. The Balaban J connectivity index is 1.85. The van der Waals surface area contributed by atoms with Crippen molar-refractivity contribution in [2.75, 3.05) is 25.5 Å². The van der Waals surface area contributed by atoms with E-state index < -0.39 is 11.7 Å². The van der Waals surface area contributed by atoms with Gasteiger partial charge in [-0.25, -0.2) is 9.48 Å². The molecule has 8 nitrogen and oxygen atoms in total. The third kappa shape index (κ3) is 7.40. The molecule has 2 amide bonds. The van der Waals surface area contributed by atoms with Crippen LogP contribution in [-0.4, -0.2) is 58.5 Å². The van der Waals surface area contributed by atoms with Gasteiger partial charge in [0.25, 0.3) is 0 Å². The molecule has 0 spiro atoms. The van der Waals surface area contributed by atoms with E-state index in [2.05, 4.69) is 15.7 Å². The smallest absolute Gasteiger partial charge is 0.407 e. The number of hydrogen-bond donors (Lipinski definition) is 2. The number of nitrogens with one attached hydrogen (secondary N) is 2. The van der Waals surface area contributed by atoms with E-state index in [1.165, 1.54) is 0 Å². The van der Waals surface area contributed by atoms with Crippen molar-refractivity contribution in [2.45, 2.75) is 59.6 Å². The third-order valence-corrected chi connectivity index (χ3v) is 4.94. The van der Waals surface area contributed by atoms with Crippen LogP contribution in [0.3, 0.4) is 0 Å².